The Morgan fingerprint density at radius 1 is 1.00 bits per heavy atom. The minimum atomic E-state index is 0.296. The summed E-state index contributed by atoms with van der Waals surface area (Å²) in [6.45, 7) is 10.3. The molecule has 2 aromatic rings. The van der Waals surface area contributed by atoms with Crippen LogP contribution in [-0.4, -0.2) is 24.5 Å². The Labute approximate surface area is 145 Å². The highest BCUT2D eigenvalue weighted by molar-refractivity contribution is 6.31. The van der Waals surface area contributed by atoms with Crippen LogP contribution in [0.5, 0.6) is 0 Å². The van der Waals surface area contributed by atoms with Crippen LogP contribution in [0, 0.1) is 6.92 Å². The first-order valence-corrected chi connectivity index (χ1v) is 8.78. The van der Waals surface area contributed by atoms with E-state index in [1.54, 1.807) is 0 Å². The molecule has 1 atom stereocenters. The van der Waals surface area contributed by atoms with Crippen molar-refractivity contribution in [1.82, 2.24) is 10.2 Å². The van der Waals surface area contributed by atoms with E-state index in [0.717, 1.165) is 31.2 Å². The SMILES string of the molecule is CCN(CC)C(CNCc1ccc(C)cc1)c1ccccc1Cl. The molecule has 0 saturated heterocycles. The van der Waals surface area contributed by atoms with E-state index in [-0.39, 0.29) is 0 Å². The van der Waals surface area contributed by atoms with Crippen molar-refractivity contribution in [1.29, 1.82) is 0 Å². The first-order chi connectivity index (χ1) is 11.2. The molecule has 0 amide bonds. The van der Waals surface area contributed by atoms with Gasteiger partial charge in [0.05, 0.1) is 0 Å². The van der Waals surface area contributed by atoms with E-state index in [2.05, 4.69) is 67.4 Å². The molecule has 1 unspecified atom stereocenters. The average Bonchev–Trinajstić information content (AvgIpc) is 2.57. The second-order valence-corrected chi connectivity index (χ2v) is 6.28. The predicted octanol–water partition coefficient (Wildman–Crippen LogP) is 4.82. The quantitative estimate of drug-likeness (QED) is 0.746. The lowest BCUT2D eigenvalue weighted by molar-refractivity contribution is 0.213. The van der Waals surface area contributed by atoms with Gasteiger partial charge in [0, 0.05) is 24.2 Å². The molecule has 0 saturated carbocycles. The van der Waals surface area contributed by atoms with Gasteiger partial charge in [0.1, 0.15) is 0 Å². The number of likely N-dealkylation sites (N-methyl/N-ethyl adjacent to an activating group) is 1. The van der Waals surface area contributed by atoms with Crippen LogP contribution in [-0.2, 0) is 6.54 Å². The fraction of sp³-hybridized carbons (Fsp3) is 0.400. The molecule has 0 aliphatic heterocycles. The first kappa shape index (κ1) is 18.0. The van der Waals surface area contributed by atoms with Gasteiger partial charge in [-0.3, -0.25) is 4.90 Å². The molecule has 0 radical (unpaired) electrons. The summed E-state index contributed by atoms with van der Waals surface area (Å²) in [4.78, 5) is 2.45. The molecule has 0 bridgehead atoms. The third kappa shape index (κ3) is 5.07. The van der Waals surface area contributed by atoms with Gasteiger partial charge in [-0.2, -0.15) is 0 Å². The molecule has 0 aliphatic carbocycles. The molecule has 2 nitrogen and oxygen atoms in total. The van der Waals surface area contributed by atoms with Crippen LogP contribution in [0.1, 0.15) is 36.6 Å². The van der Waals surface area contributed by atoms with Gasteiger partial charge in [-0.1, -0.05) is 73.5 Å². The van der Waals surface area contributed by atoms with Crippen LogP contribution in [0.25, 0.3) is 0 Å². The molecule has 124 valence electrons. The smallest absolute Gasteiger partial charge is 0.0487 e. The zero-order chi connectivity index (χ0) is 16.7. The van der Waals surface area contributed by atoms with E-state index in [1.807, 2.05) is 12.1 Å². The number of rotatable bonds is 8. The summed E-state index contributed by atoms with van der Waals surface area (Å²) >= 11 is 6.44. The number of aryl methyl sites for hydroxylation is 1. The van der Waals surface area contributed by atoms with Crippen molar-refractivity contribution in [2.24, 2.45) is 0 Å². The van der Waals surface area contributed by atoms with Gasteiger partial charge in [-0.25, -0.2) is 0 Å². The molecule has 23 heavy (non-hydrogen) atoms. The van der Waals surface area contributed by atoms with E-state index >= 15 is 0 Å². The minimum absolute atomic E-state index is 0.296. The molecule has 1 N–H and O–H groups in total. The molecule has 3 heteroatoms. The molecule has 2 aromatic carbocycles. The van der Waals surface area contributed by atoms with Crippen molar-refractivity contribution in [3.63, 3.8) is 0 Å². The Bertz CT molecular complexity index is 591. The molecule has 0 aromatic heterocycles. The zero-order valence-electron chi connectivity index (χ0n) is 14.3. The Morgan fingerprint density at radius 2 is 1.65 bits per heavy atom. The van der Waals surface area contributed by atoms with Crippen molar-refractivity contribution in [3.8, 4) is 0 Å². The number of nitrogens with one attached hydrogen (secondary N) is 1. The van der Waals surface area contributed by atoms with Crippen LogP contribution in [0.2, 0.25) is 5.02 Å². The highest BCUT2D eigenvalue weighted by atomic mass is 35.5. The number of hydrogen-bond acceptors (Lipinski definition) is 2. The first-order valence-electron chi connectivity index (χ1n) is 8.40. The van der Waals surface area contributed by atoms with Gasteiger partial charge >= 0.3 is 0 Å². The largest absolute Gasteiger partial charge is 0.311 e. The fourth-order valence-electron chi connectivity index (χ4n) is 2.90. The molecule has 0 spiro atoms. The lowest BCUT2D eigenvalue weighted by atomic mass is 10.0. The van der Waals surface area contributed by atoms with Gasteiger partial charge in [0.2, 0.25) is 0 Å². The lowest BCUT2D eigenvalue weighted by Gasteiger charge is -2.31. The summed E-state index contributed by atoms with van der Waals surface area (Å²) < 4.78 is 0. The maximum Gasteiger partial charge on any atom is 0.0487 e. The van der Waals surface area contributed by atoms with E-state index in [4.69, 9.17) is 11.6 Å². The molecule has 2 rings (SSSR count). The third-order valence-corrected chi connectivity index (χ3v) is 4.65. The van der Waals surface area contributed by atoms with Crippen molar-refractivity contribution >= 4 is 11.6 Å². The highest BCUT2D eigenvalue weighted by Gasteiger charge is 2.19. The summed E-state index contributed by atoms with van der Waals surface area (Å²) in [5.41, 5.74) is 3.81. The normalized spacial score (nSPS) is 12.6. The maximum atomic E-state index is 6.44. The van der Waals surface area contributed by atoms with Crippen LogP contribution in [0.15, 0.2) is 48.5 Å². The number of nitrogens with zero attached hydrogens (tertiary/aromatic N) is 1. The monoisotopic (exact) mass is 330 g/mol. The van der Waals surface area contributed by atoms with Gasteiger partial charge < -0.3 is 5.32 Å². The summed E-state index contributed by atoms with van der Waals surface area (Å²) in [6, 6.07) is 17.2. The lowest BCUT2D eigenvalue weighted by Crippen LogP contribution is -2.35. The van der Waals surface area contributed by atoms with E-state index in [0.29, 0.717) is 6.04 Å². The van der Waals surface area contributed by atoms with Gasteiger partial charge in [0.15, 0.2) is 0 Å². The van der Waals surface area contributed by atoms with Crippen molar-refractivity contribution in [2.45, 2.75) is 33.4 Å². The molecular formula is C20H27ClN2. The summed E-state index contributed by atoms with van der Waals surface area (Å²) in [5.74, 6) is 0. The summed E-state index contributed by atoms with van der Waals surface area (Å²) in [7, 11) is 0. The predicted molar refractivity (Wildman–Crippen MR) is 100.0 cm³/mol. The van der Waals surface area contributed by atoms with Crippen LogP contribution in [0.4, 0.5) is 0 Å². The van der Waals surface area contributed by atoms with Crippen molar-refractivity contribution in [3.05, 3.63) is 70.2 Å². The fourth-order valence-corrected chi connectivity index (χ4v) is 3.17. The zero-order valence-corrected chi connectivity index (χ0v) is 15.1. The Morgan fingerprint density at radius 3 is 2.26 bits per heavy atom. The van der Waals surface area contributed by atoms with Crippen molar-refractivity contribution < 1.29 is 0 Å². The average molecular weight is 331 g/mol. The van der Waals surface area contributed by atoms with Crippen molar-refractivity contribution in [2.75, 3.05) is 19.6 Å². The number of hydrogen-bond donors (Lipinski definition) is 1. The van der Waals surface area contributed by atoms with Crippen LogP contribution >= 0.6 is 11.6 Å². The topological polar surface area (TPSA) is 15.3 Å². The third-order valence-electron chi connectivity index (χ3n) is 4.30. The van der Waals surface area contributed by atoms with Gasteiger partial charge in [0.25, 0.3) is 0 Å². The van der Waals surface area contributed by atoms with Gasteiger partial charge in [-0.15, -0.1) is 0 Å². The Balaban J connectivity index is 2.06. The molecule has 0 fully saturated rings. The number of benzene rings is 2. The molecular weight excluding hydrogens is 304 g/mol. The van der Waals surface area contributed by atoms with Crippen LogP contribution in [0.3, 0.4) is 0 Å². The second kappa shape index (κ2) is 9.07. The summed E-state index contributed by atoms with van der Waals surface area (Å²) in [6.07, 6.45) is 0. The van der Waals surface area contributed by atoms with E-state index in [1.165, 1.54) is 16.7 Å². The number of halogens is 1. The van der Waals surface area contributed by atoms with E-state index in [9.17, 15) is 0 Å². The molecule has 0 heterocycles. The highest BCUT2D eigenvalue weighted by Crippen LogP contribution is 2.27. The second-order valence-electron chi connectivity index (χ2n) is 5.88. The minimum Gasteiger partial charge on any atom is -0.311 e. The summed E-state index contributed by atoms with van der Waals surface area (Å²) in [5, 5.41) is 4.44. The Kier molecular flexibility index (Phi) is 7.10. The molecule has 0 aliphatic rings. The van der Waals surface area contributed by atoms with E-state index < -0.39 is 0 Å². The Hall–Kier alpha value is -1.35. The maximum absolute atomic E-state index is 6.44. The van der Waals surface area contributed by atoms with Gasteiger partial charge in [-0.05, 0) is 37.2 Å². The standard InChI is InChI=1S/C20H27ClN2/c1-4-23(5-2)20(18-8-6-7-9-19(18)21)15-22-14-17-12-10-16(3)11-13-17/h6-13,20,22H,4-5,14-15H2,1-3H3. The van der Waals surface area contributed by atoms with Crippen LogP contribution < -0.4 is 5.32 Å².